The zero-order chi connectivity index (χ0) is 22.2. The van der Waals surface area contributed by atoms with Crippen LogP contribution in [-0.4, -0.2) is 23.8 Å². The molecule has 0 aliphatic heterocycles. The molecule has 0 bridgehead atoms. The Morgan fingerprint density at radius 1 is 0.806 bits per heavy atom. The fourth-order valence-electron chi connectivity index (χ4n) is 3.30. The predicted molar refractivity (Wildman–Crippen MR) is 120 cm³/mol. The summed E-state index contributed by atoms with van der Waals surface area (Å²) in [4.78, 5) is 36.4. The van der Waals surface area contributed by atoms with Gasteiger partial charge >= 0.3 is 5.97 Å². The Bertz CT molecular complexity index is 991. The van der Waals surface area contributed by atoms with Crippen molar-refractivity contribution < 1.29 is 19.1 Å². The second kappa shape index (κ2) is 10.3. The van der Waals surface area contributed by atoms with Gasteiger partial charge in [-0.05, 0) is 49.2 Å². The number of ketones is 1. The van der Waals surface area contributed by atoms with E-state index < -0.39 is 18.0 Å². The molecule has 0 saturated heterocycles. The van der Waals surface area contributed by atoms with Crippen molar-refractivity contribution in [2.45, 2.75) is 32.3 Å². The molecule has 0 saturated carbocycles. The minimum atomic E-state index is -0.952. The summed E-state index contributed by atoms with van der Waals surface area (Å²) in [5.74, 6) is -1.09. The van der Waals surface area contributed by atoms with Crippen LogP contribution in [0.5, 0.6) is 0 Å². The third-order valence-corrected chi connectivity index (χ3v) is 5.01. The van der Waals surface area contributed by atoms with Crippen molar-refractivity contribution in [3.05, 3.63) is 102 Å². The van der Waals surface area contributed by atoms with Gasteiger partial charge in [-0.15, -0.1) is 0 Å². The third kappa shape index (κ3) is 6.12. The first kappa shape index (κ1) is 22.0. The number of rotatable bonds is 8. The van der Waals surface area contributed by atoms with Crippen molar-refractivity contribution >= 4 is 23.3 Å². The van der Waals surface area contributed by atoms with Crippen LogP contribution in [-0.2, 0) is 14.3 Å². The largest absolute Gasteiger partial charge is 0.453 e. The number of benzene rings is 3. The molecule has 0 spiro atoms. The van der Waals surface area contributed by atoms with Crippen LogP contribution in [0.3, 0.4) is 0 Å². The van der Waals surface area contributed by atoms with E-state index in [1.807, 2.05) is 60.7 Å². The van der Waals surface area contributed by atoms with E-state index in [0.717, 1.165) is 11.1 Å². The van der Waals surface area contributed by atoms with Crippen molar-refractivity contribution in [2.75, 3.05) is 5.32 Å². The molecular weight excluding hydrogens is 390 g/mol. The average molecular weight is 415 g/mol. The first-order valence-corrected chi connectivity index (χ1v) is 10.2. The molecule has 1 N–H and O–H groups in total. The highest BCUT2D eigenvalue weighted by molar-refractivity contribution is 5.97. The van der Waals surface area contributed by atoms with Crippen LogP contribution in [0.1, 0.15) is 47.7 Å². The van der Waals surface area contributed by atoms with Gasteiger partial charge in [0.1, 0.15) is 0 Å². The SMILES string of the molecule is CC(=O)c1ccc(NC(=O)[C@H](C)OC(=O)CC(c2ccccc2)c2ccccc2)cc1. The molecule has 0 heterocycles. The van der Waals surface area contributed by atoms with E-state index in [4.69, 9.17) is 4.74 Å². The first-order chi connectivity index (χ1) is 14.9. The van der Waals surface area contributed by atoms with Crippen LogP contribution >= 0.6 is 0 Å². The number of anilines is 1. The van der Waals surface area contributed by atoms with Crippen LogP contribution in [0, 0.1) is 0 Å². The fraction of sp³-hybridized carbons (Fsp3) is 0.192. The quantitative estimate of drug-likeness (QED) is 0.416. The monoisotopic (exact) mass is 415 g/mol. The Morgan fingerprint density at radius 3 is 1.81 bits per heavy atom. The van der Waals surface area contributed by atoms with Gasteiger partial charge in [0.25, 0.3) is 5.91 Å². The fourth-order valence-corrected chi connectivity index (χ4v) is 3.30. The lowest BCUT2D eigenvalue weighted by molar-refractivity contribution is -0.153. The second-order valence-electron chi connectivity index (χ2n) is 7.33. The second-order valence-corrected chi connectivity index (χ2v) is 7.33. The lowest BCUT2D eigenvalue weighted by Gasteiger charge is -2.19. The number of ether oxygens (including phenoxy) is 1. The highest BCUT2D eigenvalue weighted by Crippen LogP contribution is 2.28. The van der Waals surface area contributed by atoms with E-state index in [2.05, 4.69) is 5.32 Å². The Hall–Kier alpha value is -3.73. The summed E-state index contributed by atoms with van der Waals surface area (Å²) in [7, 11) is 0. The number of nitrogens with one attached hydrogen (secondary N) is 1. The molecule has 5 heteroatoms. The van der Waals surface area contributed by atoms with Crippen LogP contribution in [0.4, 0.5) is 5.69 Å². The molecule has 31 heavy (non-hydrogen) atoms. The van der Waals surface area contributed by atoms with E-state index >= 15 is 0 Å². The number of hydrogen-bond acceptors (Lipinski definition) is 4. The molecule has 3 aromatic rings. The standard InChI is InChI=1S/C26H25NO4/c1-18(28)20-13-15-23(16-14-20)27-26(30)19(2)31-25(29)17-24(21-9-5-3-6-10-21)22-11-7-4-8-12-22/h3-16,19,24H,17H2,1-2H3,(H,27,30)/t19-/m0/s1. The summed E-state index contributed by atoms with van der Waals surface area (Å²) >= 11 is 0. The summed E-state index contributed by atoms with van der Waals surface area (Å²) in [6.45, 7) is 3.02. The Labute approximate surface area is 182 Å². The Kier molecular flexibility index (Phi) is 7.33. The Balaban J connectivity index is 1.63. The lowest BCUT2D eigenvalue weighted by atomic mass is 9.88. The molecule has 158 valence electrons. The van der Waals surface area contributed by atoms with E-state index in [-0.39, 0.29) is 18.1 Å². The zero-order valence-corrected chi connectivity index (χ0v) is 17.6. The first-order valence-electron chi connectivity index (χ1n) is 10.2. The van der Waals surface area contributed by atoms with Crippen molar-refractivity contribution in [1.82, 2.24) is 0 Å². The third-order valence-electron chi connectivity index (χ3n) is 5.01. The molecule has 5 nitrogen and oxygen atoms in total. The predicted octanol–water partition coefficient (Wildman–Crippen LogP) is 4.98. The van der Waals surface area contributed by atoms with Gasteiger partial charge in [-0.2, -0.15) is 0 Å². The molecule has 3 rings (SSSR count). The number of esters is 1. The number of carbonyl (C=O) groups excluding carboxylic acids is 3. The van der Waals surface area contributed by atoms with Gasteiger partial charge in [0.15, 0.2) is 11.9 Å². The molecule has 1 amide bonds. The molecule has 1 atom stereocenters. The molecule has 0 aliphatic rings. The molecule has 3 aromatic carbocycles. The molecule has 0 unspecified atom stereocenters. The Morgan fingerprint density at radius 2 is 1.32 bits per heavy atom. The maximum Gasteiger partial charge on any atom is 0.307 e. The minimum Gasteiger partial charge on any atom is -0.453 e. The lowest BCUT2D eigenvalue weighted by Crippen LogP contribution is -2.30. The molecule has 0 fully saturated rings. The summed E-state index contributed by atoms with van der Waals surface area (Å²) in [5, 5.41) is 2.70. The number of Topliss-reactive ketones (excluding diaryl/α,β-unsaturated/α-hetero) is 1. The summed E-state index contributed by atoms with van der Waals surface area (Å²) in [5.41, 5.74) is 3.11. The molecule has 0 radical (unpaired) electrons. The molecule has 0 aromatic heterocycles. The maximum atomic E-state index is 12.6. The van der Waals surface area contributed by atoms with Crippen molar-refractivity contribution in [1.29, 1.82) is 0 Å². The average Bonchev–Trinajstić information content (AvgIpc) is 2.79. The number of carbonyl (C=O) groups is 3. The van der Waals surface area contributed by atoms with Crippen LogP contribution < -0.4 is 5.32 Å². The van der Waals surface area contributed by atoms with Crippen molar-refractivity contribution in [3.8, 4) is 0 Å². The number of hydrogen-bond donors (Lipinski definition) is 1. The summed E-state index contributed by atoms with van der Waals surface area (Å²) in [6.07, 6.45) is -0.828. The van der Waals surface area contributed by atoms with Crippen LogP contribution in [0.2, 0.25) is 0 Å². The minimum absolute atomic E-state index is 0.0495. The maximum absolute atomic E-state index is 12.6. The van der Waals surface area contributed by atoms with Crippen molar-refractivity contribution in [2.24, 2.45) is 0 Å². The van der Waals surface area contributed by atoms with Gasteiger partial charge < -0.3 is 10.1 Å². The van der Waals surface area contributed by atoms with Crippen LogP contribution in [0.25, 0.3) is 0 Å². The highest BCUT2D eigenvalue weighted by Gasteiger charge is 2.23. The topological polar surface area (TPSA) is 72.5 Å². The summed E-state index contributed by atoms with van der Waals surface area (Å²) < 4.78 is 5.41. The van der Waals surface area contributed by atoms with E-state index in [1.165, 1.54) is 13.8 Å². The van der Waals surface area contributed by atoms with Gasteiger partial charge in [0.2, 0.25) is 0 Å². The smallest absolute Gasteiger partial charge is 0.307 e. The van der Waals surface area contributed by atoms with Gasteiger partial charge in [0, 0.05) is 17.2 Å². The van der Waals surface area contributed by atoms with Gasteiger partial charge in [0.05, 0.1) is 6.42 Å². The van der Waals surface area contributed by atoms with Gasteiger partial charge in [-0.1, -0.05) is 60.7 Å². The number of amides is 1. The highest BCUT2D eigenvalue weighted by atomic mass is 16.5. The van der Waals surface area contributed by atoms with Crippen molar-refractivity contribution in [3.63, 3.8) is 0 Å². The van der Waals surface area contributed by atoms with E-state index in [1.54, 1.807) is 24.3 Å². The van der Waals surface area contributed by atoms with E-state index in [0.29, 0.717) is 11.3 Å². The van der Waals surface area contributed by atoms with Gasteiger partial charge in [-0.25, -0.2) is 0 Å². The molecule has 0 aliphatic carbocycles. The van der Waals surface area contributed by atoms with Gasteiger partial charge in [-0.3, -0.25) is 14.4 Å². The normalized spacial score (nSPS) is 11.6. The molecular formula is C26H25NO4. The summed E-state index contributed by atoms with van der Waals surface area (Å²) in [6, 6.07) is 26.1. The van der Waals surface area contributed by atoms with Crippen LogP contribution in [0.15, 0.2) is 84.9 Å². The van der Waals surface area contributed by atoms with E-state index in [9.17, 15) is 14.4 Å². The zero-order valence-electron chi connectivity index (χ0n) is 17.6.